The molecule has 12 rings (SSSR count). The van der Waals surface area contributed by atoms with Gasteiger partial charge in [0.25, 0.3) is 0 Å². The Kier molecular flexibility index (Phi) is 7.92. The van der Waals surface area contributed by atoms with Crippen molar-refractivity contribution in [3.8, 4) is 39.1 Å². The zero-order valence-corrected chi connectivity index (χ0v) is 34.2. The van der Waals surface area contributed by atoms with E-state index in [0.29, 0.717) is 0 Å². The average Bonchev–Trinajstić information content (AvgIpc) is 3.76. The summed E-state index contributed by atoms with van der Waals surface area (Å²) < 4.78 is 2.45. The van der Waals surface area contributed by atoms with Crippen molar-refractivity contribution in [2.24, 2.45) is 0 Å². The molecule has 1 aromatic heterocycles. The Balaban J connectivity index is 0.920. The summed E-state index contributed by atoms with van der Waals surface area (Å²) in [6.07, 6.45) is 0. The SMILES string of the molecule is CC1(C)c2ccccc2-c2ccc3cc4c5cc(-c6ccc(-c7ccc(N(c8ccccc8)c8ccc9ccccc9c8)cc7)cc6)ccc5n(-c5ccccc5)c4cc3c21. The van der Waals surface area contributed by atoms with E-state index in [9.17, 15) is 0 Å². The molecule has 0 radical (unpaired) electrons. The number of benzene rings is 10. The Labute approximate surface area is 356 Å². The second kappa shape index (κ2) is 13.7. The minimum absolute atomic E-state index is 0.0928. The minimum Gasteiger partial charge on any atom is -0.310 e. The van der Waals surface area contributed by atoms with E-state index in [-0.39, 0.29) is 5.41 Å². The van der Waals surface area contributed by atoms with Crippen LogP contribution < -0.4 is 4.90 Å². The third-order valence-electron chi connectivity index (χ3n) is 13.1. The van der Waals surface area contributed by atoms with Crippen molar-refractivity contribution in [1.82, 2.24) is 4.57 Å². The highest BCUT2D eigenvalue weighted by molar-refractivity contribution is 6.16. The molecule has 1 aliphatic rings. The van der Waals surface area contributed by atoms with Gasteiger partial charge in [0, 0.05) is 38.9 Å². The molecule has 10 aromatic carbocycles. The Morgan fingerprint density at radius 2 is 0.934 bits per heavy atom. The van der Waals surface area contributed by atoms with Crippen LogP contribution in [0.1, 0.15) is 25.0 Å². The van der Waals surface area contributed by atoms with Gasteiger partial charge in [-0.15, -0.1) is 0 Å². The average molecular weight is 779 g/mol. The van der Waals surface area contributed by atoms with Crippen molar-refractivity contribution in [2.75, 3.05) is 4.90 Å². The fourth-order valence-corrected chi connectivity index (χ4v) is 10.2. The lowest BCUT2D eigenvalue weighted by molar-refractivity contribution is 0.666. The first-order valence-electron chi connectivity index (χ1n) is 21.3. The van der Waals surface area contributed by atoms with Gasteiger partial charge in [0.15, 0.2) is 0 Å². The number of hydrogen-bond acceptors (Lipinski definition) is 1. The highest BCUT2D eigenvalue weighted by Crippen LogP contribution is 2.52. The molecule has 0 saturated carbocycles. The molecule has 61 heavy (non-hydrogen) atoms. The van der Waals surface area contributed by atoms with Crippen molar-refractivity contribution in [3.05, 3.63) is 230 Å². The smallest absolute Gasteiger partial charge is 0.0547 e. The highest BCUT2D eigenvalue weighted by atomic mass is 15.1. The molecule has 288 valence electrons. The van der Waals surface area contributed by atoms with E-state index in [1.807, 2.05) is 0 Å². The number of para-hydroxylation sites is 2. The summed E-state index contributed by atoms with van der Waals surface area (Å²) in [6.45, 7) is 4.76. The number of rotatable bonds is 6. The third kappa shape index (κ3) is 5.64. The standard InChI is InChI=1S/C59H42N2/c1-59(2)55-20-12-11-19-50(55)51-33-28-45-37-54-53-36-44(29-34-56(53)61(47-17-7-4-8-18-47)57(54)38-52(45)58(51)59)42-23-21-40(22-24-42)41-25-30-48(31-26-41)60(46-15-5-3-6-16-46)49-32-27-39-13-9-10-14-43(39)35-49/h3-38H,1-2H3. The summed E-state index contributed by atoms with van der Waals surface area (Å²) in [6, 6.07) is 80.2. The van der Waals surface area contributed by atoms with E-state index in [1.54, 1.807) is 0 Å². The fraction of sp³-hybridized carbons (Fsp3) is 0.0508. The van der Waals surface area contributed by atoms with Crippen LogP contribution >= 0.6 is 0 Å². The number of nitrogens with zero attached hydrogens (tertiary/aromatic N) is 2. The van der Waals surface area contributed by atoms with Crippen molar-refractivity contribution < 1.29 is 0 Å². The van der Waals surface area contributed by atoms with E-state index in [4.69, 9.17) is 0 Å². The molecule has 0 atom stereocenters. The number of aromatic nitrogens is 1. The van der Waals surface area contributed by atoms with Gasteiger partial charge < -0.3 is 9.47 Å². The Morgan fingerprint density at radius 3 is 1.70 bits per heavy atom. The van der Waals surface area contributed by atoms with Gasteiger partial charge in [-0.3, -0.25) is 0 Å². The summed E-state index contributed by atoms with van der Waals surface area (Å²) in [4.78, 5) is 2.33. The Hall–Kier alpha value is -7.68. The molecule has 1 aliphatic carbocycles. The normalized spacial score (nSPS) is 12.9. The van der Waals surface area contributed by atoms with Crippen LogP contribution in [0.2, 0.25) is 0 Å². The molecule has 2 nitrogen and oxygen atoms in total. The maximum atomic E-state index is 2.46. The first-order chi connectivity index (χ1) is 30.0. The lowest BCUT2D eigenvalue weighted by Crippen LogP contribution is -2.15. The quantitative estimate of drug-likeness (QED) is 0.163. The number of anilines is 3. The van der Waals surface area contributed by atoms with E-state index in [2.05, 4.69) is 242 Å². The van der Waals surface area contributed by atoms with Gasteiger partial charge in [-0.05, 0) is 139 Å². The van der Waals surface area contributed by atoms with Crippen LogP contribution in [-0.2, 0) is 5.41 Å². The van der Waals surface area contributed by atoms with Crippen molar-refractivity contribution in [3.63, 3.8) is 0 Å². The first kappa shape index (κ1) is 35.3. The van der Waals surface area contributed by atoms with Crippen molar-refractivity contribution in [1.29, 1.82) is 0 Å². The summed E-state index contributed by atoms with van der Waals surface area (Å²) in [5.41, 5.74) is 17.2. The van der Waals surface area contributed by atoms with Gasteiger partial charge in [0.2, 0.25) is 0 Å². The second-order valence-corrected chi connectivity index (χ2v) is 17.0. The Morgan fingerprint density at radius 1 is 0.361 bits per heavy atom. The predicted octanol–water partition coefficient (Wildman–Crippen LogP) is 16.2. The lowest BCUT2D eigenvalue weighted by Gasteiger charge is -2.26. The van der Waals surface area contributed by atoms with Gasteiger partial charge in [0.05, 0.1) is 11.0 Å². The third-order valence-corrected chi connectivity index (χ3v) is 13.1. The molecule has 0 spiro atoms. The zero-order chi connectivity index (χ0) is 40.7. The largest absolute Gasteiger partial charge is 0.310 e. The van der Waals surface area contributed by atoms with Crippen LogP contribution in [0, 0.1) is 0 Å². The first-order valence-corrected chi connectivity index (χ1v) is 21.3. The molecule has 11 aromatic rings. The van der Waals surface area contributed by atoms with Crippen molar-refractivity contribution >= 4 is 60.4 Å². The van der Waals surface area contributed by atoms with E-state index in [1.165, 1.54) is 93.5 Å². The molecular formula is C59H42N2. The van der Waals surface area contributed by atoms with Crippen LogP contribution in [0.4, 0.5) is 17.1 Å². The molecule has 0 unspecified atom stereocenters. The molecule has 0 amide bonds. The van der Waals surface area contributed by atoms with E-state index >= 15 is 0 Å². The molecule has 0 fully saturated rings. The molecule has 0 N–H and O–H groups in total. The van der Waals surface area contributed by atoms with E-state index < -0.39 is 0 Å². The van der Waals surface area contributed by atoms with Crippen LogP contribution in [-0.4, -0.2) is 4.57 Å². The molecule has 0 aliphatic heterocycles. The van der Waals surface area contributed by atoms with Gasteiger partial charge in [0.1, 0.15) is 0 Å². The summed E-state index contributed by atoms with van der Waals surface area (Å²) >= 11 is 0. The molecule has 1 heterocycles. The fourth-order valence-electron chi connectivity index (χ4n) is 10.2. The van der Waals surface area contributed by atoms with Gasteiger partial charge >= 0.3 is 0 Å². The number of fused-ring (bicyclic) bond motifs is 9. The summed E-state index contributed by atoms with van der Waals surface area (Å²) in [7, 11) is 0. The maximum absolute atomic E-state index is 2.46. The van der Waals surface area contributed by atoms with Crippen LogP contribution in [0.3, 0.4) is 0 Å². The molecule has 2 heteroatoms. The molecule has 0 saturated heterocycles. The predicted molar refractivity (Wildman–Crippen MR) is 259 cm³/mol. The monoisotopic (exact) mass is 778 g/mol. The van der Waals surface area contributed by atoms with Crippen LogP contribution in [0.15, 0.2) is 218 Å². The minimum atomic E-state index is -0.0928. The van der Waals surface area contributed by atoms with Crippen LogP contribution in [0.25, 0.3) is 82.4 Å². The second-order valence-electron chi connectivity index (χ2n) is 17.0. The number of hydrogen-bond donors (Lipinski definition) is 0. The Bertz CT molecular complexity index is 3470. The maximum Gasteiger partial charge on any atom is 0.0547 e. The topological polar surface area (TPSA) is 8.17 Å². The van der Waals surface area contributed by atoms with Crippen LogP contribution in [0.5, 0.6) is 0 Å². The summed E-state index contributed by atoms with van der Waals surface area (Å²) in [5.74, 6) is 0. The lowest BCUT2D eigenvalue weighted by atomic mass is 9.80. The van der Waals surface area contributed by atoms with Gasteiger partial charge in [-0.1, -0.05) is 159 Å². The molecular weight excluding hydrogens is 737 g/mol. The summed E-state index contributed by atoms with van der Waals surface area (Å²) in [5, 5.41) is 7.61. The molecule has 0 bridgehead atoms. The van der Waals surface area contributed by atoms with Crippen molar-refractivity contribution in [2.45, 2.75) is 19.3 Å². The highest BCUT2D eigenvalue weighted by Gasteiger charge is 2.36. The zero-order valence-electron chi connectivity index (χ0n) is 34.2. The van der Waals surface area contributed by atoms with Gasteiger partial charge in [-0.2, -0.15) is 0 Å². The van der Waals surface area contributed by atoms with Gasteiger partial charge in [-0.25, -0.2) is 0 Å². The van der Waals surface area contributed by atoms with E-state index in [0.717, 1.165) is 17.1 Å².